The molecule has 2 saturated heterocycles. The van der Waals surface area contributed by atoms with E-state index in [4.69, 9.17) is 22.1 Å². The molecule has 4 atom stereocenters. The third-order valence-electron chi connectivity index (χ3n) is 7.98. The Morgan fingerprint density at radius 2 is 1.84 bits per heavy atom. The molecule has 7 nitrogen and oxygen atoms in total. The molecule has 0 unspecified atom stereocenters. The molecule has 3 aliphatic rings. The molecule has 200 valence electrons. The minimum atomic E-state index is -1.68. The Balaban J connectivity index is 1.05. The number of amides is 1. The van der Waals surface area contributed by atoms with E-state index in [1.807, 2.05) is 0 Å². The predicted molar refractivity (Wildman–Crippen MR) is 134 cm³/mol. The topological polar surface area (TPSA) is 84.6 Å². The maximum absolute atomic E-state index is 14.6. The van der Waals surface area contributed by atoms with Crippen LogP contribution < -0.4 is 15.4 Å². The summed E-state index contributed by atoms with van der Waals surface area (Å²) < 4.78 is 47.0. The molecule has 5 rings (SSSR count). The average Bonchev–Trinajstić information content (AvgIpc) is 3.43. The summed E-state index contributed by atoms with van der Waals surface area (Å²) in [6.07, 6.45) is 3.28. The fourth-order valence-corrected chi connectivity index (χ4v) is 5.70. The number of likely N-dealkylation sites (tertiary alicyclic amines) is 1. The van der Waals surface area contributed by atoms with Gasteiger partial charge >= 0.3 is 0 Å². The molecule has 1 aromatic carbocycles. The van der Waals surface area contributed by atoms with Crippen LogP contribution in [0.25, 0.3) is 0 Å². The number of nitrogens with two attached hydrogens (primary N) is 1. The van der Waals surface area contributed by atoms with Gasteiger partial charge in [0, 0.05) is 24.7 Å². The molecule has 0 radical (unpaired) electrons. The number of rotatable bonds is 8. The Hall–Kier alpha value is -2.59. The summed E-state index contributed by atoms with van der Waals surface area (Å²) in [6, 6.07) is 4.35. The van der Waals surface area contributed by atoms with Crippen LogP contribution in [0.15, 0.2) is 30.6 Å². The first-order valence-electron chi connectivity index (χ1n) is 12.7. The molecule has 0 bridgehead atoms. The number of hydrogen-bond donors (Lipinski definition) is 1. The molecule has 3 fully saturated rings. The quantitative estimate of drug-likeness (QED) is 0.552. The van der Waals surface area contributed by atoms with Crippen molar-refractivity contribution in [1.82, 2.24) is 14.9 Å². The van der Waals surface area contributed by atoms with Gasteiger partial charge < -0.3 is 20.3 Å². The maximum Gasteiger partial charge on any atom is 0.227 e. The van der Waals surface area contributed by atoms with Crippen molar-refractivity contribution in [2.45, 2.75) is 50.0 Å². The van der Waals surface area contributed by atoms with Gasteiger partial charge in [-0.3, -0.25) is 4.79 Å². The second-order valence-electron chi connectivity index (χ2n) is 10.4. The minimum absolute atomic E-state index is 0.175. The average molecular weight is 538 g/mol. The lowest BCUT2D eigenvalue weighted by molar-refractivity contribution is -0.129. The van der Waals surface area contributed by atoms with Crippen LogP contribution >= 0.6 is 11.6 Å². The summed E-state index contributed by atoms with van der Waals surface area (Å²) in [6.45, 7) is 1.54. The third-order valence-corrected chi connectivity index (χ3v) is 8.18. The number of benzene rings is 1. The lowest BCUT2D eigenvalue weighted by Gasteiger charge is -2.35. The van der Waals surface area contributed by atoms with Crippen LogP contribution in [0.3, 0.4) is 0 Å². The predicted octanol–water partition coefficient (Wildman–Crippen LogP) is 3.73. The number of nitrogens with zero attached hydrogens (tertiary/aromatic N) is 4. The Bertz CT molecular complexity index is 1110. The highest BCUT2D eigenvalue weighted by Crippen LogP contribution is 2.52. The summed E-state index contributed by atoms with van der Waals surface area (Å²) in [7, 11) is 0. The van der Waals surface area contributed by atoms with Gasteiger partial charge in [0.25, 0.3) is 0 Å². The van der Waals surface area contributed by atoms with Crippen molar-refractivity contribution in [3.8, 4) is 5.75 Å². The van der Waals surface area contributed by atoms with Crippen molar-refractivity contribution in [2.24, 2.45) is 17.6 Å². The number of carbonyl (C=O) groups is 1. The molecular weight excluding hydrogens is 507 g/mol. The largest absolute Gasteiger partial charge is 0.493 e. The lowest BCUT2D eigenvalue weighted by atomic mass is 9.86. The molecule has 0 spiro atoms. The van der Waals surface area contributed by atoms with E-state index >= 15 is 0 Å². The summed E-state index contributed by atoms with van der Waals surface area (Å²) in [5.74, 6) is 0.782. The monoisotopic (exact) mass is 537 g/mol. The molecule has 1 amide bonds. The van der Waals surface area contributed by atoms with E-state index in [0.29, 0.717) is 35.2 Å². The molecule has 3 heterocycles. The number of halogens is 4. The zero-order valence-electron chi connectivity index (χ0n) is 20.5. The SMILES string of the molecule is N[C@]1(C2CCN(c3ncc(Cl)cn3)CC2)C[C@H]1CCOc1ccc(CC(=O)N2C[C@H](F)[C@@H](F)C2)c(F)c1. The zero-order chi connectivity index (χ0) is 26.2. The first kappa shape index (κ1) is 26.0. The Morgan fingerprint density at radius 1 is 1.16 bits per heavy atom. The Kier molecular flexibility index (Phi) is 7.49. The van der Waals surface area contributed by atoms with E-state index in [9.17, 15) is 18.0 Å². The molecule has 1 aromatic heterocycles. The summed E-state index contributed by atoms with van der Waals surface area (Å²) in [5, 5.41) is 0.517. The van der Waals surface area contributed by atoms with Crippen LogP contribution in [-0.2, 0) is 11.2 Å². The molecule has 37 heavy (non-hydrogen) atoms. The van der Waals surface area contributed by atoms with E-state index in [2.05, 4.69) is 14.9 Å². The number of carbonyl (C=O) groups excluding carboxylic acids is 1. The molecular formula is C26H31ClF3N5O2. The number of piperidine rings is 1. The van der Waals surface area contributed by atoms with Gasteiger partial charge in [0.2, 0.25) is 11.9 Å². The first-order chi connectivity index (χ1) is 17.7. The summed E-state index contributed by atoms with van der Waals surface area (Å²) >= 11 is 5.88. The van der Waals surface area contributed by atoms with Crippen LogP contribution in [0.1, 0.15) is 31.2 Å². The van der Waals surface area contributed by atoms with Gasteiger partial charge in [-0.15, -0.1) is 0 Å². The minimum Gasteiger partial charge on any atom is -0.493 e. The molecule has 11 heteroatoms. The highest BCUT2D eigenvalue weighted by atomic mass is 35.5. The van der Waals surface area contributed by atoms with Crippen LogP contribution in [0.2, 0.25) is 5.02 Å². The van der Waals surface area contributed by atoms with Gasteiger partial charge in [0.15, 0.2) is 12.3 Å². The Labute approximate surface area is 219 Å². The highest BCUT2D eigenvalue weighted by molar-refractivity contribution is 6.30. The summed E-state index contributed by atoms with van der Waals surface area (Å²) in [4.78, 5) is 24.1. The fourth-order valence-electron chi connectivity index (χ4n) is 5.61. The number of aromatic nitrogens is 2. The van der Waals surface area contributed by atoms with Gasteiger partial charge in [-0.2, -0.15) is 0 Å². The van der Waals surface area contributed by atoms with Crippen molar-refractivity contribution < 1.29 is 22.7 Å². The van der Waals surface area contributed by atoms with Crippen molar-refractivity contribution in [2.75, 3.05) is 37.7 Å². The maximum atomic E-state index is 14.6. The molecule has 2 aromatic rings. The van der Waals surface area contributed by atoms with Crippen LogP contribution in [-0.4, -0.2) is 71.4 Å². The van der Waals surface area contributed by atoms with Crippen molar-refractivity contribution in [3.63, 3.8) is 0 Å². The van der Waals surface area contributed by atoms with Crippen molar-refractivity contribution >= 4 is 23.5 Å². The third kappa shape index (κ3) is 5.80. The number of hydrogen-bond acceptors (Lipinski definition) is 6. The van der Waals surface area contributed by atoms with E-state index in [1.165, 1.54) is 12.1 Å². The van der Waals surface area contributed by atoms with Gasteiger partial charge in [0.1, 0.15) is 11.6 Å². The van der Waals surface area contributed by atoms with Crippen LogP contribution in [0.4, 0.5) is 19.1 Å². The standard InChI is InChI=1S/C26H31ClF3N5O2/c27-19-12-32-25(33-13-19)34-6-3-17(4-7-34)26(31)11-18(26)5-8-37-20-2-1-16(21(28)10-20)9-24(36)35-14-22(29)23(30)15-35/h1-2,10,12-13,17-18,22-23H,3-9,11,14-15,31H2/t18-,22+,23+,26+/m1/s1. The van der Waals surface area contributed by atoms with E-state index in [-0.39, 0.29) is 30.6 Å². The molecule has 2 aliphatic heterocycles. The van der Waals surface area contributed by atoms with Gasteiger partial charge in [-0.05, 0) is 49.1 Å². The van der Waals surface area contributed by atoms with E-state index in [0.717, 1.165) is 43.7 Å². The molecule has 1 saturated carbocycles. The van der Waals surface area contributed by atoms with Crippen LogP contribution in [0, 0.1) is 17.7 Å². The molecule has 2 N–H and O–H groups in total. The van der Waals surface area contributed by atoms with Gasteiger partial charge in [-0.25, -0.2) is 23.1 Å². The van der Waals surface area contributed by atoms with Crippen molar-refractivity contribution in [3.05, 3.63) is 47.0 Å². The normalized spacial score (nSPS) is 28.0. The van der Waals surface area contributed by atoms with Crippen molar-refractivity contribution in [1.29, 1.82) is 0 Å². The first-order valence-corrected chi connectivity index (χ1v) is 13.1. The smallest absolute Gasteiger partial charge is 0.227 e. The second-order valence-corrected chi connectivity index (χ2v) is 10.8. The Morgan fingerprint density at radius 3 is 2.49 bits per heavy atom. The lowest BCUT2D eigenvalue weighted by Crippen LogP contribution is -2.44. The zero-order valence-corrected chi connectivity index (χ0v) is 21.2. The van der Waals surface area contributed by atoms with E-state index in [1.54, 1.807) is 18.5 Å². The highest BCUT2D eigenvalue weighted by Gasteiger charge is 2.55. The van der Waals surface area contributed by atoms with Crippen LogP contribution in [0.5, 0.6) is 5.75 Å². The second kappa shape index (κ2) is 10.6. The number of ether oxygens (including phenoxy) is 1. The summed E-state index contributed by atoms with van der Waals surface area (Å²) in [5.41, 5.74) is 6.72. The van der Waals surface area contributed by atoms with Gasteiger partial charge in [0.05, 0.1) is 43.5 Å². The number of alkyl halides is 2. The van der Waals surface area contributed by atoms with Gasteiger partial charge in [-0.1, -0.05) is 17.7 Å². The fraction of sp³-hybridized carbons (Fsp3) is 0.577. The number of anilines is 1. The van der Waals surface area contributed by atoms with E-state index < -0.39 is 24.1 Å². The molecule has 1 aliphatic carbocycles.